The van der Waals surface area contributed by atoms with E-state index < -0.39 is 5.41 Å². The monoisotopic (exact) mass is 552 g/mol. The number of nitrogen functional groups attached to an aromatic ring is 1. The van der Waals surface area contributed by atoms with Crippen molar-refractivity contribution in [1.82, 2.24) is 10.3 Å². The number of esters is 1. The fourth-order valence-corrected chi connectivity index (χ4v) is 3.76. The van der Waals surface area contributed by atoms with Gasteiger partial charge in [-0.2, -0.15) is 0 Å². The summed E-state index contributed by atoms with van der Waals surface area (Å²) in [5.41, 5.74) is 8.56. The molecule has 1 atom stereocenters. The smallest absolute Gasteiger partial charge is 0.311 e. The van der Waals surface area contributed by atoms with Crippen molar-refractivity contribution in [3.05, 3.63) is 76.8 Å². The summed E-state index contributed by atoms with van der Waals surface area (Å²) >= 11 is 1.32. The molecule has 1 amide bonds. The zero-order chi connectivity index (χ0) is 24.6. The maximum absolute atomic E-state index is 12.4. The maximum atomic E-state index is 12.4. The van der Waals surface area contributed by atoms with Crippen LogP contribution >= 0.6 is 36.2 Å². The second-order valence-electron chi connectivity index (χ2n) is 9.11. The SMILES string of the molecule is CC(C)(C)C(=O)OC(CNCCc1ccc(NC(=O)Cc2csc(N)n2)cc1)c1ccccc1.Cl.Cl. The van der Waals surface area contributed by atoms with Gasteiger partial charge in [0.1, 0.15) is 6.10 Å². The van der Waals surface area contributed by atoms with Crippen molar-refractivity contribution >= 4 is 58.8 Å². The lowest BCUT2D eigenvalue weighted by atomic mass is 9.97. The van der Waals surface area contributed by atoms with E-state index in [1.165, 1.54) is 11.3 Å². The largest absolute Gasteiger partial charge is 0.456 e. The van der Waals surface area contributed by atoms with Gasteiger partial charge in [-0.3, -0.25) is 9.59 Å². The Hall–Kier alpha value is -2.65. The Morgan fingerprint density at radius 1 is 1.06 bits per heavy atom. The second-order valence-corrected chi connectivity index (χ2v) is 10.00. The maximum Gasteiger partial charge on any atom is 0.311 e. The minimum atomic E-state index is -0.558. The first-order valence-electron chi connectivity index (χ1n) is 11.3. The molecular weight excluding hydrogens is 519 g/mol. The van der Waals surface area contributed by atoms with Gasteiger partial charge in [-0.15, -0.1) is 36.2 Å². The summed E-state index contributed by atoms with van der Waals surface area (Å²) in [6, 6.07) is 17.5. The Morgan fingerprint density at radius 3 is 2.31 bits per heavy atom. The molecule has 3 rings (SSSR count). The minimum absolute atomic E-state index is 0. The number of hydrogen-bond acceptors (Lipinski definition) is 7. The Kier molecular flexibility index (Phi) is 12.9. The van der Waals surface area contributed by atoms with Gasteiger partial charge in [0.25, 0.3) is 0 Å². The van der Waals surface area contributed by atoms with Gasteiger partial charge in [-0.25, -0.2) is 4.98 Å². The summed E-state index contributed by atoms with van der Waals surface area (Å²) in [5, 5.41) is 8.53. The van der Waals surface area contributed by atoms with Gasteiger partial charge in [0.15, 0.2) is 5.13 Å². The van der Waals surface area contributed by atoms with E-state index in [-0.39, 0.29) is 49.2 Å². The molecule has 0 radical (unpaired) electrons. The first kappa shape index (κ1) is 31.4. The minimum Gasteiger partial charge on any atom is -0.456 e. The highest BCUT2D eigenvalue weighted by Gasteiger charge is 2.27. The Morgan fingerprint density at radius 2 is 1.72 bits per heavy atom. The first-order valence-corrected chi connectivity index (χ1v) is 12.1. The molecule has 1 heterocycles. The lowest BCUT2D eigenvalue weighted by Crippen LogP contribution is -2.31. The topological polar surface area (TPSA) is 106 Å². The van der Waals surface area contributed by atoms with Crippen LogP contribution in [0.5, 0.6) is 0 Å². The number of rotatable bonds is 10. The van der Waals surface area contributed by atoms with Crippen LogP contribution in [-0.2, 0) is 27.2 Å². The van der Waals surface area contributed by atoms with Crippen LogP contribution in [0.1, 0.15) is 43.7 Å². The van der Waals surface area contributed by atoms with Crippen molar-refractivity contribution in [2.75, 3.05) is 24.1 Å². The Bertz CT molecular complexity index is 1090. The van der Waals surface area contributed by atoms with Gasteiger partial charge >= 0.3 is 5.97 Å². The summed E-state index contributed by atoms with van der Waals surface area (Å²) in [7, 11) is 0. The molecule has 0 saturated carbocycles. The quantitative estimate of drug-likeness (QED) is 0.235. The van der Waals surface area contributed by atoms with Crippen LogP contribution in [-0.4, -0.2) is 29.9 Å². The van der Waals surface area contributed by atoms with Gasteiger partial charge < -0.3 is 21.1 Å². The molecular formula is C26H34Cl2N4O3S. The summed E-state index contributed by atoms with van der Waals surface area (Å²) in [6.45, 7) is 6.82. The summed E-state index contributed by atoms with van der Waals surface area (Å²) in [5.74, 6) is -0.351. The van der Waals surface area contributed by atoms with E-state index in [0.717, 1.165) is 29.8 Å². The Labute approximate surface area is 229 Å². The molecule has 7 nitrogen and oxygen atoms in total. The van der Waals surface area contributed by atoms with Crippen molar-refractivity contribution in [2.45, 2.75) is 39.7 Å². The normalized spacial score (nSPS) is 11.5. The van der Waals surface area contributed by atoms with E-state index in [1.807, 2.05) is 75.4 Å². The predicted octanol–water partition coefficient (Wildman–Crippen LogP) is 5.21. The summed E-state index contributed by atoms with van der Waals surface area (Å²) in [4.78, 5) is 28.7. The molecule has 3 aromatic rings. The van der Waals surface area contributed by atoms with E-state index in [4.69, 9.17) is 10.5 Å². The molecule has 1 unspecified atom stereocenters. The number of carbonyl (C=O) groups is 2. The average Bonchev–Trinajstić information content (AvgIpc) is 3.21. The van der Waals surface area contributed by atoms with Gasteiger partial charge in [-0.05, 0) is 57.0 Å². The number of hydrogen-bond donors (Lipinski definition) is 3. The third-order valence-corrected chi connectivity index (χ3v) is 5.82. The molecule has 196 valence electrons. The van der Waals surface area contributed by atoms with Crippen LogP contribution in [0.25, 0.3) is 0 Å². The van der Waals surface area contributed by atoms with Gasteiger partial charge in [-0.1, -0.05) is 42.5 Å². The number of aromatic nitrogens is 1. The fraction of sp³-hybridized carbons (Fsp3) is 0.346. The van der Waals surface area contributed by atoms with Crippen LogP contribution in [0.2, 0.25) is 0 Å². The molecule has 0 fully saturated rings. The third-order valence-electron chi connectivity index (χ3n) is 5.10. The van der Waals surface area contributed by atoms with Crippen LogP contribution < -0.4 is 16.4 Å². The molecule has 4 N–H and O–H groups in total. The molecule has 0 spiro atoms. The summed E-state index contributed by atoms with van der Waals surface area (Å²) in [6.07, 6.45) is 0.654. The van der Waals surface area contributed by atoms with Crippen molar-refractivity contribution in [2.24, 2.45) is 5.41 Å². The van der Waals surface area contributed by atoms with E-state index in [0.29, 0.717) is 17.4 Å². The van der Waals surface area contributed by atoms with E-state index in [2.05, 4.69) is 15.6 Å². The van der Waals surface area contributed by atoms with Crippen LogP contribution in [0, 0.1) is 5.41 Å². The number of thiazole rings is 1. The highest BCUT2D eigenvalue weighted by Crippen LogP contribution is 2.23. The molecule has 0 aliphatic rings. The molecule has 10 heteroatoms. The Balaban J connectivity index is 0.00000324. The molecule has 1 aromatic heterocycles. The van der Waals surface area contributed by atoms with Crippen molar-refractivity contribution in [3.63, 3.8) is 0 Å². The zero-order valence-electron chi connectivity index (χ0n) is 20.7. The van der Waals surface area contributed by atoms with E-state index in [1.54, 1.807) is 5.38 Å². The standard InChI is InChI=1S/C26H32N4O3S.2ClH/c1-26(2,3)24(32)33-22(19-7-5-4-6-8-19)16-28-14-13-18-9-11-20(12-10-18)29-23(31)15-21-17-34-25(27)30-21;;/h4-12,17,22,28H,13-16H2,1-3H3,(H2,27,30)(H,29,31);2*1H. The second kappa shape index (κ2) is 14.8. The van der Waals surface area contributed by atoms with E-state index >= 15 is 0 Å². The van der Waals surface area contributed by atoms with Crippen LogP contribution in [0.4, 0.5) is 10.8 Å². The number of carbonyl (C=O) groups excluding carboxylic acids is 2. The van der Waals surface area contributed by atoms with Gasteiger partial charge in [0, 0.05) is 17.6 Å². The van der Waals surface area contributed by atoms with Gasteiger partial charge in [0.2, 0.25) is 5.91 Å². The van der Waals surface area contributed by atoms with Crippen molar-refractivity contribution < 1.29 is 14.3 Å². The number of nitrogens with zero attached hydrogens (tertiary/aromatic N) is 1. The lowest BCUT2D eigenvalue weighted by molar-refractivity contribution is -0.158. The van der Waals surface area contributed by atoms with Gasteiger partial charge in [0.05, 0.1) is 17.5 Å². The zero-order valence-corrected chi connectivity index (χ0v) is 23.1. The summed E-state index contributed by atoms with van der Waals surface area (Å²) < 4.78 is 5.80. The number of amides is 1. The number of nitrogens with one attached hydrogen (secondary N) is 2. The molecule has 0 bridgehead atoms. The molecule has 0 saturated heterocycles. The molecule has 0 aliphatic carbocycles. The highest BCUT2D eigenvalue weighted by molar-refractivity contribution is 7.13. The predicted molar refractivity (Wildman–Crippen MR) is 151 cm³/mol. The number of halogens is 2. The van der Waals surface area contributed by atoms with Crippen molar-refractivity contribution in [1.29, 1.82) is 0 Å². The highest BCUT2D eigenvalue weighted by atomic mass is 35.5. The van der Waals surface area contributed by atoms with E-state index in [9.17, 15) is 9.59 Å². The number of benzene rings is 2. The fourth-order valence-electron chi connectivity index (χ4n) is 3.20. The van der Waals surface area contributed by atoms with Crippen molar-refractivity contribution in [3.8, 4) is 0 Å². The number of anilines is 2. The van der Waals surface area contributed by atoms with Crippen LogP contribution in [0.15, 0.2) is 60.0 Å². The molecule has 36 heavy (non-hydrogen) atoms. The average molecular weight is 554 g/mol. The third kappa shape index (κ3) is 10.1. The first-order chi connectivity index (χ1) is 16.2. The molecule has 2 aromatic carbocycles. The number of nitrogens with two attached hydrogens (primary N) is 1. The lowest BCUT2D eigenvalue weighted by Gasteiger charge is -2.24. The van der Waals surface area contributed by atoms with Crippen LogP contribution in [0.3, 0.4) is 0 Å². The number of ether oxygens (including phenoxy) is 1. The molecule has 0 aliphatic heterocycles.